The van der Waals surface area contributed by atoms with Gasteiger partial charge in [0.2, 0.25) is 0 Å². The number of aliphatic hydroxyl groups excluding tert-OH is 1. The Morgan fingerprint density at radius 3 is 2.68 bits per heavy atom. The zero-order valence-electron chi connectivity index (χ0n) is 17.6. The summed E-state index contributed by atoms with van der Waals surface area (Å²) in [5.41, 5.74) is -0.683. The second-order valence-electron chi connectivity index (χ2n) is 8.18. The van der Waals surface area contributed by atoms with Gasteiger partial charge in [-0.25, -0.2) is 0 Å². The molecule has 0 amide bonds. The van der Waals surface area contributed by atoms with Gasteiger partial charge in [-0.2, -0.15) is 0 Å². The molecule has 0 aromatic rings. The summed E-state index contributed by atoms with van der Waals surface area (Å²) >= 11 is 0. The number of Topliss-reactive ketones (excluding diaryl/α,β-unsaturated/α-hetero) is 1. The highest BCUT2D eigenvalue weighted by atomic mass is 16.3. The zero-order valence-corrected chi connectivity index (χ0v) is 17.6. The fourth-order valence-electron chi connectivity index (χ4n) is 3.50. The van der Waals surface area contributed by atoms with E-state index in [1.54, 1.807) is 6.08 Å². The van der Waals surface area contributed by atoms with Crippen molar-refractivity contribution in [3.63, 3.8) is 0 Å². The largest absolute Gasteiger partial charge is 0.390 e. The summed E-state index contributed by atoms with van der Waals surface area (Å²) in [6, 6.07) is 0. The molecular formula is C24H38O4. The fraction of sp³-hybridized carbons (Fsp3) is 0.667. The van der Waals surface area contributed by atoms with Crippen LogP contribution in [-0.2, 0) is 9.59 Å². The smallest absolute Gasteiger partial charge is 0.159 e. The van der Waals surface area contributed by atoms with Crippen molar-refractivity contribution in [2.24, 2.45) is 11.8 Å². The van der Waals surface area contributed by atoms with Gasteiger partial charge in [-0.05, 0) is 45.1 Å². The summed E-state index contributed by atoms with van der Waals surface area (Å²) in [7, 11) is 0. The first-order valence-electron chi connectivity index (χ1n) is 10.8. The first-order valence-corrected chi connectivity index (χ1v) is 10.8. The molecule has 1 rings (SSSR count). The number of allylic oxidation sites excluding steroid dienone is 5. The van der Waals surface area contributed by atoms with Gasteiger partial charge < -0.3 is 10.2 Å². The van der Waals surface area contributed by atoms with E-state index in [4.69, 9.17) is 5.11 Å². The van der Waals surface area contributed by atoms with Crippen LogP contribution in [0, 0.1) is 11.8 Å². The number of carbonyl (C=O) groups is 2. The Hall–Kier alpha value is -1.52. The molecule has 1 aliphatic carbocycles. The van der Waals surface area contributed by atoms with E-state index in [-0.39, 0.29) is 30.0 Å². The Bertz CT molecular complexity index is 557. The standard InChI is InChI=1S/C24H38O4/c1-3-4-5-10-17-24(2,28)18-11-12-20-15-16-23(27)22(20)14-9-7-6-8-13-21(26)19-25/h7,9,11-12,15-16,20,22,25,28H,3-6,8,10,13-14,17-19H2,1-2H3/t20-,22+,24?/m0/s1. The second-order valence-corrected chi connectivity index (χ2v) is 8.18. The van der Waals surface area contributed by atoms with Crippen LogP contribution >= 0.6 is 0 Å². The van der Waals surface area contributed by atoms with Crippen LogP contribution in [0.1, 0.15) is 78.1 Å². The maximum Gasteiger partial charge on any atom is 0.159 e. The molecule has 0 radical (unpaired) electrons. The van der Waals surface area contributed by atoms with Gasteiger partial charge in [0.15, 0.2) is 11.6 Å². The van der Waals surface area contributed by atoms with Gasteiger partial charge in [-0.1, -0.05) is 63.0 Å². The van der Waals surface area contributed by atoms with E-state index in [0.29, 0.717) is 19.3 Å². The van der Waals surface area contributed by atoms with Gasteiger partial charge in [-0.15, -0.1) is 0 Å². The Balaban J connectivity index is 2.38. The highest BCUT2D eigenvalue weighted by molar-refractivity contribution is 5.95. The maximum atomic E-state index is 12.1. The molecule has 0 spiro atoms. The van der Waals surface area contributed by atoms with E-state index in [1.165, 1.54) is 19.3 Å². The highest BCUT2D eigenvalue weighted by Crippen LogP contribution is 2.28. The van der Waals surface area contributed by atoms with E-state index in [1.807, 2.05) is 31.2 Å². The zero-order chi connectivity index (χ0) is 20.8. The topological polar surface area (TPSA) is 74.6 Å². The minimum atomic E-state index is -0.683. The summed E-state index contributed by atoms with van der Waals surface area (Å²) in [5.74, 6) is 0.0428. The summed E-state index contributed by atoms with van der Waals surface area (Å²) < 4.78 is 0. The third-order valence-electron chi connectivity index (χ3n) is 5.36. The average molecular weight is 391 g/mol. The summed E-state index contributed by atoms with van der Waals surface area (Å²) in [5, 5.41) is 19.2. The molecular weight excluding hydrogens is 352 g/mol. The lowest BCUT2D eigenvalue weighted by atomic mass is 9.89. The van der Waals surface area contributed by atoms with Gasteiger partial charge in [0.05, 0.1) is 5.60 Å². The lowest BCUT2D eigenvalue weighted by molar-refractivity contribution is -0.121. The Morgan fingerprint density at radius 1 is 1.18 bits per heavy atom. The van der Waals surface area contributed by atoms with Crippen LogP contribution < -0.4 is 0 Å². The number of hydrogen-bond acceptors (Lipinski definition) is 4. The molecule has 0 aliphatic heterocycles. The van der Waals surface area contributed by atoms with Crippen molar-refractivity contribution in [2.75, 3.05) is 6.61 Å². The third-order valence-corrected chi connectivity index (χ3v) is 5.36. The Morgan fingerprint density at radius 2 is 1.96 bits per heavy atom. The van der Waals surface area contributed by atoms with Crippen LogP contribution in [0.4, 0.5) is 0 Å². The maximum absolute atomic E-state index is 12.1. The Kier molecular flexibility index (Phi) is 11.9. The number of rotatable bonds is 15. The quantitative estimate of drug-likeness (QED) is 0.314. The molecule has 4 heteroatoms. The van der Waals surface area contributed by atoms with Crippen molar-refractivity contribution in [2.45, 2.75) is 83.7 Å². The molecule has 4 nitrogen and oxygen atoms in total. The van der Waals surface area contributed by atoms with Gasteiger partial charge in [0.25, 0.3) is 0 Å². The summed E-state index contributed by atoms with van der Waals surface area (Å²) in [6.07, 6.45) is 20.3. The molecule has 158 valence electrons. The monoisotopic (exact) mass is 390 g/mol. The fourth-order valence-corrected chi connectivity index (χ4v) is 3.50. The minimum absolute atomic E-state index is 0.0684. The van der Waals surface area contributed by atoms with E-state index < -0.39 is 5.60 Å². The molecule has 28 heavy (non-hydrogen) atoms. The van der Waals surface area contributed by atoms with Crippen LogP contribution in [0.25, 0.3) is 0 Å². The SMILES string of the molecule is CCCCCCC(C)(O)CC=C[C@H]1C=CC(=O)[C@@H]1CC=CCCCC(=O)CO. The predicted molar refractivity (Wildman–Crippen MR) is 114 cm³/mol. The molecule has 3 atom stereocenters. The molecule has 0 saturated heterocycles. The summed E-state index contributed by atoms with van der Waals surface area (Å²) in [6.45, 7) is 3.69. The average Bonchev–Trinajstić information content (AvgIpc) is 3.01. The van der Waals surface area contributed by atoms with E-state index >= 15 is 0 Å². The van der Waals surface area contributed by atoms with Crippen molar-refractivity contribution in [1.29, 1.82) is 0 Å². The molecule has 0 aromatic carbocycles. The van der Waals surface area contributed by atoms with Crippen LogP contribution in [0.2, 0.25) is 0 Å². The predicted octanol–water partition coefficient (Wildman–Crippen LogP) is 4.70. The van der Waals surface area contributed by atoms with Crippen molar-refractivity contribution < 1.29 is 19.8 Å². The van der Waals surface area contributed by atoms with Gasteiger partial charge >= 0.3 is 0 Å². The third kappa shape index (κ3) is 10.1. The molecule has 1 unspecified atom stereocenters. The van der Waals surface area contributed by atoms with Crippen molar-refractivity contribution in [3.8, 4) is 0 Å². The first kappa shape index (κ1) is 24.5. The minimum Gasteiger partial charge on any atom is -0.390 e. The number of aliphatic hydroxyl groups is 2. The molecule has 0 aromatic heterocycles. The lowest BCUT2D eigenvalue weighted by Crippen LogP contribution is -2.23. The molecule has 2 N–H and O–H groups in total. The molecule has 0 fully saturated rings. The number of hydrogen-bond donors (Lipinski definition) is 2. The first-order chi connectivity index (χ1) is 13.4. The lowest BCUT2D eigenvalue weighted by Gasteiger charge is -2.22. The molecule has 0 bridgehead atoms. The summed E-state index contributed by atoms with van der Waals surface area (Å²) in [4.78, 5) is 23.2. The number of unbranched alkanes of at least 4 members (excludes halogenated alkanes) is 4. The van der Waals surface area contributed by atoms with Crippen LogP contribution in [-0.4, -0.2) is 34.0 Å². The normalized spacial score (nSPS) is 21.8. The Labute approximate surface area is 170 Å². The van der Waals surface area contributed by atoms with Gasteiger partial charge in [0.1, 0.15) is 6.61 Å². The van der Waals surface area contributed by atoms with Crippen molar-refractivity contribution >= 4 is 11.6 Å². The van der Waals surface area contributed by atoms with Crippen LogP contribution in [0.15, 0.2) is 36.5 Å². The van der Waals surface area contributed by atoms with Gasteiger partial charge in [0, 0.05) is 18.3 Å². The second kappa shape index (κ2) is 13.6. The van der Waals surface area contributed by atoms with E-state index in [9.17, 15) is 14.7 Å². The number of carbonyl (C=O) groups excluding carboxylic acids is 2. The van der Waals surface area contributed by atoms with Crippen molar-refractivity contribution in [1.82, 2.24) is 0 Å². The molecule has 1 aliphatic rings. The van der Waals surface area contributed by atoms with Crippen LogP contribution in [0.3, 0.4) is 0 Å². The van der Waals surface area contributed by atoms with Crippen molar-refractivity contribution in [3.05, 3.63) is 36.5 Å². The molecule has 0 saturated carbocycles. The van der Waals surface area contributed by atoms with Gasteiger partial charge in [-0.3, -0.25) is 9.59 Å². The van der Waals surface area contributed by atoms with E-state index in [0.717, 1.165) is 25.7 Å². The number of ketones is 2. The van der Waals surface area contributed by atoms with Crippen LogP contribution in [0.5, 0.6) is 0 Å². The highest BCUT2D eigenvalue weighted by Gasteiger charge is 2.27. The van der Waals surface area contributed by atoms with E-state index in [2.05, 4.69) is 13.0 Å². The molecule has 0 heterocycles.